The molecule has 0 aromatic carbocycles. The molecule has 0 saturated heterocycles. The highest BCUT2D eigenvalue weighted by Crippen LogP contribution is 2.53. The molecule has 0 bridgehead atoms. The van der Waals surface area contributed by atoms with Crippen LogP contribution in [-0.2, 0) is 18.4 Å². The number of alkyl halides is 1. The van der Waals surface area contributed by atoms with Crippen molar-refractivity contribution in [2.45, 2.75) is 4.57 Å². The largest absolute Gasteiger partial charge is 0.368 e. The summed E-state index contributed by atoms with van der Waals surface area (Å²) in [4.78, 5) is 10.5. The molecule has 0 heterocycles. The molecule has 0 aliphatic rings. The van der Waals surface area contributed by atoms with Crippen LogP contribution in [0.15, 0.2) is 0 Å². The second-order valence-electron chi connectivity index (χ2n) is 1.64. The van der Waals surface area contributed by atoms with Crippen molar-refractivity contribution in [2.24, 2.45) is 5.73 Å². The first-order chi connectivity index (χ1) is 4.98. The van der Waals surface area contributed by atoms with Crippen LogP contribution in [0, 0.1) is 0 Å². The zero-order valence-electron chi connectivity index (χ0n) is 6.11. The average molecular weight is 246 g/mol. The lowest BCUT2D eigenvalue weighted by molar-refractivity contribution is -0.116. The first-order valence-electron chi connectivity index (χ1n) is 2.62. The van der Waals surface area contributed by atoms with Crippen LogP contribution in [0.4, 0.5) is 0 Å². The van der Waals surface area contributed by atoms with Gasteiger partial charge >= 0.3 is 7.60 Å². The Kier molecular flexibility index (Phi) is 4.25. The van der Waals surface area contributed by atoms with Crippen molar-refractivity contribution in [3.8, 4) is 0 Å². The maximum absolute atomic E-state index is 11.3. The lowest BCUT2D eigenvalue weighted by atomic mass is 10.8. The summed E-state index contributed by atoms with van der Waals surface area (Å²) in [7, 11) is -1.02. The van der Waals surface area contributed by atoms with Gasteiger partial charge in [-0.2, -0.15) is 0 Å². The molecule has 0 aromatic heterocycles. The molecule has 2 N–H and O–H groups in total. The molecule has 5 nitrogen and oxygen atoms in total. The first-order valence-corrected chi connectivity index (χ1v) is 5.15. The van der Waals surface area contributed by atoms with Gasteiger partial charge in [0.05, 0.1) is 0 Å². The molecular formula is C4H9BrNO4P. The van der Waals surface area contributed by atoms with Crippen molar-refractivity contribution in [1.29, 1.82) is 0 Å². The van der Waals surface area contributed by atoms with Gasteiger partial charge in [-0.3, -0.25) is 9.36 Å². The molecule has 1 amide bonds. The van der Waals surface area contributed by atoms with E-state index in [1.54, 1.807) is 0 Å². The van der Waals surface area contributed by atoms with Crippen LogP contribution in [-0.4, -0.2) is 24.7 Å². The monoisotopic (exact) mass is 245 g/mol. The number of halogens is 1. The third-order valence-corrected chi connectivity index (χ3v) is 4.80. The van der Waals surface area contributed by atoms with Gasteiger partial charge in [-0.05, 0) is 0 Å². The van der Waals surface area contributed by atoms with Crippen molar-refractivity contribution >= 4 is 29.4 Å². The molecule has 0 fully saturated rings. The number of carbonyl (C=O) groups is 1. The number of hydrogen-bond donors (Lipinski definition) is 1. The predicted octanol–water partition coefficient (Wildman–Crippen LogP) is 0.679. The van der Waals surface area contributed by atoms with Gasteiger partial charge in [0.15, 0.2) is 4.57 Å². The summed E-state index contributed by atoms with van der Waals surface area (Å²) in [5.74, 6) is -0.781. The second-order valence-corrected chi connectivity index (χ2v) is 5.59. The highest BCUT2D eigenvalue weighted by atomic mass is 79.9. The van der Waals surface area contributed by atoms with Crippen molar-refractivity contribution in [2.75, 3.05) is 14.2 Å². The fraction of sp³-hybridized carbons (Fsp3) is 0.750. The standard InChI is InChI=1S/C4H9BrNO4P/c1-9-11(8,10-2)3(5)4(6)7/h3H,1-2H3,(H2,6,7). The predicted molar refractivity (Wildman–Crippen MR) is 43.5 cm³/mol. The van der Waals surface area contributed by atoms with Gasteiger partial charge in [0, 0.05) is 14.2 Å². The number of nitrogens with two attached hydrogens (primary N) is 1. The first kappa shape index (κ1) is 11.1. The summed E-state index contributed by atoms with van der Waals surface area (Å²) in [6.45, 7) is 0. The molecule has 0 aliphatic carbocycles. The van der Waals surface area contributed by atoms with Crippen molar-refractivity contribution in [1.82, 2.24) is 0 Å². The van der Waals surface area contributed by atoms with Crippen LogP contribution >= 0.6 is 23.5 Å². The summed E-state index contributed by atoms with van der Waals surface area (Å²) in [5, 5.41) is 0. The van der Waals surface area contributed by atoms with E-state index in [4.69, 9.17) is 5.73 Å². The zero-order chi connectivity index (χ0) is 9.07. The van der Waals surface area contributed by atoms with Crippen LogP contribution in [0.25, 0.3) is 0 Å². The van der Waals surface area contributed by atoms with E-state index in [0.29, 0.717) is 0 Å². The summed E-state index contributed by atoms with van der Waals surface area (Å²) < 4.78 is 19.2. The highest BCUT2D eigenvalue weighted by Gasteiger charge is 2.36. The van der Waals surface area contributed by atoms with Crippen LogP contribution in [0.1, 0.15) is 0 Å². The maximum Gasteiger partial charge on any atom is 0.353 e. The third kappa shape index (κ3) is 2.56. The Hall–Kier alpha value is 0.100. The summed E-state index contributed by atoms with van der Waals surface area (Å²) in [6.07, 6.45) is 0. The van der Waals surface area contributed by atoms with E-state index in [-0.39, 0.29) is 0 Å². The number of primary amides is 1. The molecule has 11 heavy (non-hydrogen) atoms. The molecular weight excluding hydrogens is 237 g/mol. The van der Waals surface area contributed by atoms with E-state index in [0.717, 1.165) is 0 Å². The number of amides is 1. The molecule has 1 atom stereocenters. The minimum atomic E-state index is -3.39. The molecule has 0 spiro atoms. The van der Waals surface area contributed by atoms with Crippen molar-refractivity contribution < 1.29 is 18.4 Å². The third-order valence-electron chi connectivity index (χ3n) is 1.02. The van der Waals surface area contributed by atoms with E-state index in [1.807, 2.05) is 0 Å². The Balaban J connectivity index is 4.51. The molecule has 0 radical (unpaired) electrons. The van der Waals surface area contributed by atoms with Gasteiger partial charge in [-0.1, -0.05) is 15.9 Å². The normalized spacial score (nSPS) is 14.5. The summed E-state index contributed by atoms with van der Waals surface area (Å²) in [6, 6.07) is 0. The van der Waals surface area contributed by atoms with Crippen LogP contribution in [0.3, 0.4) is 0 Å². The Morgan fingerprint density at radius 2 is 1.91 bits per heavy atom. The van der Waals surface area contributed by atoms with Gasteiger partial charge < -0.3 is 14.8 Å². The van der Waals surface area contributed by atoms with E-state index >= 15 is 0 Å². The molecule has 0 aliphatic heterocycles. The Morgan fingerprint density at radius 1 is 1.55 bits per heavy atom. The fourth-order valence-corrected chi connectivity index (χ4v) is 2.25. The van der Waals surface area contributed by atoms with E-state index in [9.17, 15) is 9.36 Å². The molecule has 0 saturated carbocycles. The zero-order valence-corrected chi connectivity index (χ0v) is 8.59. The molecule has 0 aromatic rings. The van der Waals surface area contributed by atoms with Crippen LogP contribution in [0.2, 0.25) is 0 Å². The van der Waals surface area contributed by atoms with Gasteiger partial charge in [0.1, 0.15) is 0 Å². The quantitative estimate of drug-likeness (QED) is 0.584. The van der Waals surface area contributed by atoms with Crippen LogP contribution in [0.5, 0.6) is 0 Å². The summed E-state index contributed by atoms with van der Waals surface area (Å²) in [5.41, 5.74) is 4.86. The number of hydrogen-bond acceptors (Lipinski definition) is 4. The van der Waals surface area contributed by atoms with Gasteiger partial charge in [0.25, 0.3) is 0 Å². The van der Waals surface area contributed by atoms with E-state index in [2.05, 4.69) is 25.0 Å². The van der Waals surface area contributed by atoms with E-state index in [1.165, 1.54) is 14.2 Å². The average Bonchev–Trinajstić information content (AvgIpc) is 2.01. The molecule has 1 unspecified atom stereocenters. The molecule has 7 heteroatoms. The van der Waals surface area contributed by atoms with Gasteiger partial charge in [0.2, 0.25) is 5.91 Å². The lowest BCUT2D eigenvalue weighted by Gasteiger charge is -2.16. The minimum absolute atomic E-state index is 0.781. The SMILES string of the molecule is COP(=O)(OC)C(Br)C(N)=O. The molecule has 0 rings (SSSR count). The Bertz CT molecular complexity index is 189. The highest BCUT2D eigenvalue weighted by molar-refractivity contribution is 9.11. The van der Waals surface area contributed by atoms with Gasteiger partial charge in [-0.25, -0.2) is 0 Å². The van der Waals surface area contributed by atoms with E-state index < -0.39 is 18.1 Å². The van der Waals surface area contributed by atoms with Crippen LogP contribution < -0.4 is 5.73 Å². The summed E-state index contributed by atoms with van der Waals surface area (Å²) >= 11 is 2.80. The number of carbonyl (C=O) groups excluding carboxylic acids is 1. The lowest BCUT2D eigenvalue weighted by Crippen LogP contribution is -2.24. The topological polar surface area (TPSA) is 78.6 Å². The minimum Gasteiger partial charge on any atom is -0.368 e. The Labute approximate surface area is 72.9 Å². The molecule has 66 valence electrons. The van der Waals surface area contributed by atoms with Crippen molar-refractivity contribution in [3.63, 3.8) is 0 Å². The van der Waals surface area contributed by atoms with Crippen molar-refractivity contribution in [3.05, 3.63) is 0 Å². The maximum atomic E-state index is 11.3. The van der Waals surface area contributed by atoms with Gasteiger partial charge in [-0.15, -0.1) is 0 Å². The fourth-order valence-electron chi connectivity index (χ4n) is 0.415. The second kappa shape index (κ2) is 4.21. The smallest absolute Gasteiger partial charge is 0.353 e. The Morgan fingerprint density at radius 3 is 2.00 bits per heavy atom. The number of rotatable bonds is 4.